The third kappa shape index (κ3) is 3.35. The molecule has 2 saturated heterocycles. The highest BCUT2D eigenvalue weighted by molar-refractivity contribution is 5.81. The van der Waals surface area contributed by atoms with Gasteiger partial charge in [-0.15, -0.1) is 0 Å². The van der Waals surface area contributed by atoms with Crippen LogP contribution in [0.15, 0.2) is 24.3 Å². The Morgan fingerprint density at radius 2 is 1.92 bits per heavy atom. The third-order valence-corrected chi connectivity index (χ3v) is 5.86. The molecule has 2 aliphatic heterocycles. The van der Waals surface area contributed by atoms with E-state index in [1.807, 2.05) is 4.90 Å². The van der Waals surface area contributed by atoms with Gasteiger partial charge in [0, 0.05) is 39.3 Å². The van der Waals surface area contributed by atoms with E-state index < -0.39 is 0 Å². The molecule has 2 fully saturated rings. The number of aryl methyl sites for hydroxylation is 1. The number of nitrogens with zero attached hydrogens (tertiary/aromatic N) is 2. The molecule has 4 rings (SSSR count). The van der Waals surface area contributed by atoms with Gasteiger partial charge in [-0.25, -0.2) is 0 Å². The van der Waals surface area contributed by atoms with Crippen molar-refractivity contribution in [3.05, 3.63) is 35.4 Å². The lowest BCUT2D eigenvalue weighted by Gasteiger charge is -2.38. The monoisotopic (exact) mass is 328 g/mol. The molecule has 1 aromatic carbocycles. The zero-order valence-corrected chi connectivity index (χ0v) is 14.5. The maximum Gasteiger partial charge on any atom is 0.251 e. The van der Waals surface area contributed by atoms with Crippen molar-refractivity contribution in [1.82, 2.24) is 9.80 Å². The Balaban J connectivity index is 1.31. The summed E-state index contributed by atoms with van der Waals surface area (Å²) in [5.74, 6) is 0.880. The van der Waals surface area contributed by atoms with E-state index in [0.717, 1.165) is 52.2 Å². The molecule has 24 heavy (non-hydrogen) atoms. The summed E-state index contributed by atoms with van der Waals surface area (Å²) in [7, 11) is 0. The highest BCUT2D eigenvalue weighted by Crippen LogP contribution is 2.32. The first-order valence-electron chi connectivity index (χ1n) is 9.52. The number of fused-ring (bicyclic) bond motifs is 1. The predicted octanol–water partition coefficient (Wildman–Crippen LogP) is 2.43. The van der Waals surface area contributed by atoms with Crippen molar-refractivity contribution in [3.63, 3.8) is 0 Å². The molecule has 0 bridgehead atoms. The van der Waals surface area contributed by atoms with E-state index in [4.69, 9.17) is 4.74 Å². The van der Waals surface area contributed by atoms with E-state index in [-0.39, 0.29) is 12.0 Å². The number of hydrogen-bond acceptors (Lipinski definition) is 3. The Labute approximate surface area is 144 Å². The van der Waals surface area contributed by atoms with Crippen LogP contribution in [-0.4, -0.2) is 61.1 Å². The average Bonchev–Trinajstić information content (AvgIpc) is 3.17. The molecule has 130 valence electrons. The van der Waals surface area contributed by atoms with Gasteiger partial charge in [0.15, 0.2) is 0 Å². The van der Waals surface area contributed by atoms with Gasteiger partial charge in [0.1, 0.15) is 6.10 Å². The fourth-order valence-corrected chi connectivity index (χ4v) is 4.48. The molecule has 4 nitrogen and oxygen atoms in total. The van der Waals surface area contributed by atoms with Crippen molar-refractivity contribution < 1.29 is 9.53 Å². The van der Waals surface area contributed by atoms with Crippen LogP contribution < -0.4 is 0 Å². The van der Waals surface area contributed by atoms with Crippen molar-refractivity contribution in [2.75, 3.05) is 39.3 Å². The second kappa shape index (κ2) is 7.24. The van der Waals surface area contributed by atoms with Crippen molar-refractivity contribution in [3.8, 4) is 0 Å². The minimum atomic E-state index is -0.165. The number of amides is 1. The molecule has 1 aliphatic carbocycles. The summed E-state index contributed by atoms with van der Waals surface area (Å²) >= 11 is 0. The van der Waals surface area contributed by atoms with Crippen molar-refractivity contribution in [2.24, 2.45) is 0 Å². The third-order valence-electron chi connectivity index (χ3n) is 5.86. The zero-order chi connectivity index (χ0) is 16.4. The largest absolute Gasteiger partial charge is 0.368 e. The Hall–Kier alpha value is -1.39. The number of ether oxygens (including phenoxy) is 1. The molecule has 1 aromatic rings. The van der Waals surface area contributed by atoms with Gasteiger partial charge >= 0.3 is 0 Å². The van der Waals surface area contributed by atoms with E-state index in [1.54, 1.807) is 11.1 Å². The lowest BCUT2D eigenvalue weighted by Crippen LogP contribution is -2.52. The van der Waals surface area contributed by atoms with Crippen LogP contribution in [0.3, 0.4) is 0 Å². The molecular formula is C20H28N2O2. The molecule has 0 radical (unpaired) electrons. The standard InChI is InChI=1S/C20H28N2O2/c23-20(19-9-4-14-24-19)22-12-10-21(11-13-22)15-17-7-3-6-16-5-1-2-8-18(16)17/h1-2,5,8,17,19H,3-4,6-7,9-15H2/t17-,19+/m1/s1. The van der Waals surface area contributed by atoms with Gasteiger partial charge in [0.2, 0.25) is 0 Å². The first-order valence-corrected chi connectivity index (χ1v) is 9.52. The summed E-state index contributed by atoms with van der Waals surface area (Å²) in [6.45, 7) is 5.59. The van der Waals surface area contributed by atoms with Gasteiger partial charge in [-0.3, -0.25) is 9.69 Å². The second-order valence-electron chi connectivity index (χ2n) is 7.42. The van der Waals surface area contributed by atoms with Crippen molar-refractivity contribution >= 4 is 5.91 Å². The Bertz CT molecular complexity index is 575. The van der Waals surface area contributed by atoms with Crippen LogP contribution >= 0.6 is 0 Å². The average molecular weight is 328 g/mol. The Morgan fingerprint density at radius 1 is 1.08 bits per heavy atom. The van der Waals surface area contributed by atoms with Crippen LogP contribution in [-0.2, 0) is 16.0 Å². The SMILES string of the molecule is O=C([C@@H]1CCCO1)N1CCN(C[C@H]2CCCc3ccccc32)CC1. The number of benzene rings is 1. The van der Waals surface area contributed by atoms with Gasteiger partial charge in [-0.2, -0.15) is 0 Å². The molecule has 0 N–H and O–H groups in total. The number of carbonyl (C=O) groups is 1. The first-order chi connectivity index (χ1) is 11.8. The van der Waals surface area contributed by atoms with Crippen LogP contribution in [0.4, 0.5) is 0 Å². The Morgan fingerprint density at radius 3 is 2.71 bits per heavy atom. The van der Waals surface area contributed by atoms with E-state index in [1.165, 1.54) is 19.3 Å². The van der Waals surface area contributed by atoms with E-state index in [2.05, 4.69) is 29.2 Å². The fraction of sp³-hybridized carbons (Fsp3) is 0.650. The first kappa shape index (κ1) is 16.1. The molecule has 0 spiro atoms. The number of rotatable bonds is 3. The topological polar surface area (TPSA) is 32.8 Å². The van der Waals surface area contributed by atoms with Gasteiger partial charge < -0.3 is 9.64 Å². The molecular weight excluding hydrogens is 300 g/mol. The predicted molar refractivity (Wildman–Crippen MR) is 94.1 cm³/mol. The van der Waals surface area contributed by atoms with Crippen molar-refractivity contribution in [2.45, 2.75) is 44.1 Å². The minimum absolute atomic E-state index is 0.165. The van der Waals surface area contributed by atoms with Crippen LogP contribution in [0.25, 0.3) is 0 Å². The van der Waals surface area contributed by atoms with E-state index in [0.29, 0.717) is 5.92 Å². The van der Waals surface area contributed by atoms with Crippen LogP contribution in [0.2, 0.25) is 0 Å². The lowest BCUT2D eigenvalue weighted by atomic mass is 9.82. The molecule has 3 aliphatic rings. The molecule has 1 amide bonds. The summed E-state index contributed by atoms with van der Waals surface area (Å²) < 4.78 is 5.55. The minimum Gasteiger partial charge on any atom is -0.368 e. The maximum atomic E-state index is 12.4. The van der Waals surface area contributed by atoms with Crippen LogP contribution in [0.1, 0.15) is 42.7 Å². The Kier molecular flexibility index (Phi) is 4.86. The van der Waals surface area contributed by atoms with Gasteiger partial charge in [0.25, 0.3) is 5.91 Å². The van der Waals surface area contributed by atoms with Gasteiger partial charge in [-0.05, 0) is 49.1 Å². The summed E-state index contributed by atoms with van der Waals surface area (Å²) in [6.07, 6.45) is 5.60. The van der Waals surface area contributed by atoms with Crippen LogP contribution in [0, 0.1) is 0 Å². The molecule has 0 unspecified atom stereocenters. The highest BCUT2D eigenvalue weighted by atomic mass is 16.5. The summed E-state index contributed by atoms with van der Waals surface area (Å²) in [5, 5.41) is 0. The highest BCUT2D eigenvalue weighted by Gasteiger charge is 2.31. The normalized spacial score (nSPS) is 27.9. The van der Waals surface area contributed by atoms with Gasteiger partial charge in [-0.1, -0.05) is 24.3 Å². The zero-order valence-electron chi connectivity index (χ0n) is 14.5. The molecule has 2 heterocycles. The van der Waals surface area contributed by atoms with Gasteiger partial charge in [0.05, 0.1) is 0 Å². The van der Waals surface area contributed by atoms with E-state index >= 15 is 0 Å². The molecule has 0 saturated carbocycles. The summed E-state index contributed by atoms with van der Waals surface area (Å²) in [5.41, 5.74) is 3.10. The van der Waals surface area contributed by atoms with E-state index in [9.17, 15) is 4.79 Å². The number of hydrogen-bond donors (Lipinski definition) is 0. The maximum absolute atomic E-state index is 12.4. The molecule has 2 atom stereocenters. The quantitative estimate of drug-likeness (QED) is 0.854. The molecule has 4 heteroatoms. The second-order valence-corrected chi connectivity index (χ2v) is 7.42. The van der Waals surface area contributed by atoms with Crippen molar-refractivity contribution in [1.29, 1.82) is 0 Å². The van der Waals surface area contributed by atoms with Crippen LogP contribution in [0.5, 0.6) is 0 Å². The number of piperazine rings is 1. The summed E-state index contributed by atoms with van der Waals surface area (Å²) in [4.78, 5) is 17.0. The fourth-order valence-electron chi connectivity index (χ4n) is 4.48. The lowest BCUT2D eigenvalue weighted by molar-refractivity contribution is -0.142. The number of carbonyl (C=O) groups excluding carboxylic acids is 1. The summed E-state index contributed by atoms with van der Waals surface area (Å²) in [6, 6.07) is 8.95. The molecule has 0 aromatic heterocycles. The smallest absolute Gasteiger partial charge is 0.251 e.